The summed E-state index contributed by atoms with van der Waals surface area (Å²) in [6, 6.07) is 15.6. The number of aromatic nitrogens is 4. The molecular weight excluding hydrogens is 390 g/mol. The number of carbonyl (C=O) groups is 1. The largest absolute Gasteiger partial charge is 0.338 e. The standard InChI is InChI=1S/C21H18ClN5O2/c1-2-11-27-19(28)10-9-17(26-27)21(29)23-13-7-8-16-18(12-13)25-20(24-16)14-5-3-4-6-15(14)22/h3-10,12H,2,11H2,1H3,(H,23,29)(H,24,25). The van der Waals surface area contributed by atoms with Crippen molar-refractivity contribution in [2.75, 3.05) is 5.32 Å². The maximum atomic E-state index is 12.6. The molecule has 0 aliphatic heterocycles. The van der Waals surface area contributed by atoms with Gasteiger partial charge in [-0.05, 0) is 42.8 Å². The molecule has 0 saturated heterocycles. The second kappa shape index (κ2) is 7.89. The van der Waals surface area contributed by atoms with E-state index in [0.717, 1.165) is 23.0 Å². The Kier molecular flexibility index (Phi) is 5.14. The van der Waals surface area contributed by atoms with Crippen LogP contribution in [0.4, 0.5) is 5.69 Å². The lowest BCUT2D eigenvalue weighted by molar-refractivity contribution is 0.102. The summed E-state index contributed by atoms with van der Waals surface area (Å²) in [5.41, 5.74) is 2.87. The summed E-state index contributed by atoms with van der Waals surface area (Å²) in [4.78, 5) is 32.1. The van der Waals surface area contributed by atoms with Crippen molar-refractivity contribution in [3.63, 3.8) is 0 Å². The van der Waals surface area contributed by atoms with Crippen LogP contribution in [0.5, 0.6) is 0 Å². The first kappa shape index (κ1) is 18.9. The zero-order valence-corrected chi connectivity index (χ0v) is 16.4. The van der Waals surface area contributed by atoms with Gasteiger partial charge in [0.05, 0.1) is 16.1 Å². The van der Waals surface area contributed by atoms with Gasteiger partial charge in [0.2, 0.25) is 0 Å². The molecule has 0 saturated carbocycles. The highest BCUT2D eigenvalue weighted by atomic mass is 35.5. The van der Waals surface area contributed by atoms with Gasteiger partial charge in [-0.15, -0.1) is 0 Å². The first-order chi connectivity index (χ1) is 14.0. The summed E-state index contributed by atoms with van der Waals surface area (Å²) in [5.74, 6) is 0.266. The zero-order chi connectivity index (χ0) is 20.4. The molecule has 2 aromatic carbocycles. The molecule has 0 aliphatic rings. The van der Waals surface area contributed by atoms with Gasteiger partial charge in [-0.1, -0.05) is 30.7 Å². The fourth-order valence-corrected chi connectivity index (χ4v) is 3.23. The third-order valence-electron chi connectivity index (χ3n) is 4.40. The van der Waals surface area contributed by atoms with Gasteiger partial charge >= 0.3 is 0 Å². The summed E-state index contributed by atoms with van der Waals surface area (Å²) < 4.78 is 1.29. The number of hydrogen-bond donors (Lipinski definition) is 2. The number of carbonyl (C=O) groups excluding carboxylic acids is 1. The molecule has 1 amide bonds. The molecule has 0 bridgehead atoms. The average molecular weight is 408 g/mol. The van der Waals surface area contributed by atoms with Gasteiger partial charge in [-0.3, -0.25) is 9.59 Å². The molecule has 0 unspecified atom stereocenters. The molecule has 0 radical (unpaired) electrons. The Hall–Kier alpha value is -3.45. The molecule has 146 valence electrons. The molecule has 0 atom stereocenters. The number of benzene rings is 2. The predicted octanol–water partition coefficient (Wildman–Crippen LogP) is 4.10. The van der Waals surface area contributed by atoms with Crippen molar-refractivity contribution < 1.29 is 4.79 Å². The van der Waals surface area contributed by atoms with Crippen molar-refractivity contribution in [3.8, 4) is 11.4 Å². The minimum Gasteiger partial charge on any atom is -0.338 e. The van der Waals surface area contributed by atoms with Gasteiger partial charge in [-0.2, -0.15) is 5.10 Å². The third-order valence-corrected chi connectivity index (χ3v) is 4.73. The quantitative estimate of drug-likeness (QED) is 0.520. The number of nitrogens with one attached hydrogen (secondary N) is 2. The van der Waals surface area contributed by atoms with Gasteiger partial charge < -0.3 is 10.3 Å². The number of nitrogens with zero attached hydrogens (tertiary/aromatic N) is 3. The van der Waals surface area contributed by atoms with Crippen molar-refractivity contribution in [3.05, 3.63) is 75.7 Å². The average Bonchev–Trinajstić information content (AvgIpc) is 3.13. The molecule has 7 nitrogen and oxygen atoms in total. The number of imidazole rings is 1. The number of rotatable bonds is 5. The number of hydrogen-bond acceptors (Lipinski definition) is 4. The first-order valence-electron chi connectivity index (χ1n) is 9.19. The van der Waals surface area contributed by atoms with E-state index < -0.39 is 0 Å². The Morgan fingerprint density at radius 2 is 2.00 bits per heavy atom. The first-order valence-corrected chi connectivity index (χ1v) is 9.57. The van der Waals surface area contributed by atoms with E-state index in [-0.39, 0.29) is 17.2 Å². The summed E-state index contributed by atoms with van der Waals surface area (Å²) in [6.07, 6.45) is 0.752. The number of amides is 1. The van der Waals surface area contributed by atoms with Crippen LogP contribution in [-0.4, -0.2) is 25.7 Å². The van der Waals surface area contributed by atoms with E-state index in [0.29, 0.717) is 23.1 Å². The van der Waals surface area contributed by atoms with Crippen molar-refractivity contribution in [1.82, 2.24) is 19.7 Å². The highest BCUT2D eigenvalue weighted by Gasteiger charge is 2.12. The third kappa shape index (κ3) is 3.90. The number of anilines is 1. The summed E-state index contributed by atoms with van der Waals surface area (Å²) in [7, 11) is 0. The second-order valence-corrected chi connectivity index (χ2v) is 6.94. The summed E-state index contributed by atoms with van der Waals surface area (Å²) in [6.45, 7) is 2.41. The van der Waals surface area contributed by atoms with E-state index in [1.165, 1.54) is 16.8 Å². The smallest absolute Gasteiger partial charge is 0.276 e. The van der Waals surface area contributed by atoms with E-state index in [1.54, 1.807) is 18.2 Å². The lowest BCUT2D eigenvalue weighted by Gasteiger charge is -2.07. The van der Waals surface area contributed by atoms with Crippen LogP contribution in [0.25, 0.3) is 22.4 Å². The van der Waals surface area contributed by atoms with Crippen LogP contribution in [0.1, 0.15) is 23.8 Å². The topological polar surface area (TPSA) is 92.7 Å². The Balaban J connectivity index is 1.60. The van der Waals surface area contributed by atoms with Crippen molar-refractivity contribution >= 4 is 34.2 Å². The number of halogens is 1. The maximum Gasteiger partial charge on any atom is 0.276 e. The van der Waals surface area contributed by atoms with Crippen molar-refractivity contribution in [1.29, 1.82) is 0 Å². The SMILES string of the molecule is CCCn1nc(C(=O)Nc2ccc3nc(-c4ccccc4Cl)[nH]c3c2)ccc1=O. The normalized spacial score (nSPS) is 11.0. The van der Waals surface area contributed by atoms with Gasteiger partial charge in [-0.25, -0.2) is 9.67 Å². The molecule has 2 N–H and O–H groups in total. The minimum atomic E-state index is -0.389. The van der Waals surface area contributed by atoms with Crippen molar-refractivity contribution in [2.45, 2.75) is 19.9 Å². The lowest BCUT2D eigenvalue weighted by atomic mass is 10.2. The monoisotopic (exact) mass is 407 g/mol. The second-order valence-electron chi connectivity index (χ2n) is 6.53. The molecule has 2 heterocycles. The maximum absolute atomic E-state index is 12.6. The fourth-order valence-electron chi connectivity index (χ4n) is 3.01. The summed E-state index contributed by atoms with van der Waals surface area (Å²) >= 11 is 6.25. The molecule has 2 aromatic heterocycles. The van der Waals surface area contributed by atoms with Gasteiger partial charge in [0.1, 0.15) is 11.5 Å². The van der Waals surface area contributed by atoms with Crippen LogP contribution in [0, 0.1) is 0 Å². The molecule has 4 aromatic rings. The van der Waals surface area contributed by atoms with Crippen LogP contribution >= 0.6 is 11.6 Å². The van der Waals surface area contributed by atoms with Gasteiger partial charge in [0.25, 0.3) is 11.5 Å². The van der Waals surface area contributed by atoms with E-state index in [4.69, 9.17) is 11.6 Å². The zero-order valence-electron chi connectivity index (χ0n) is 15.6. The highest BCUT2D eigenvalue weighted by molar-refractivity contribution is 6.33. The summed E-state index contributed by atoms with van der Waals surface area (Å²) in [5, 5.41) is 7.55. The van der Waals surface area contributed by atoms with E-state index >= 15 is 0 Å². The molecule has 0 fully saturated rings. The van der Waals surface area contributed by atoms with Gasteiger partial charge in [0, 0.05) is 23.9 Å². The van der Waals surface area contributed by atoms with Crippen LogP contribution in [0.3, 0.4) is 0 Å². The van der Waals surface area contributed by atoms with E-state index in [1.807, 2.05) is 31.2 Å². The Bertz CT molecular complexity index is 1260. The van der Waals surface area contributed by atoms with Crippen molar-refractivity contribution in [2.24, 2.45) is 0 Å². The Labute approximate surface area is 171 Å². The number of H-pyrrole nitrogens is 1. The van der Waals surface area contributed by atoms with E-state index in [2.05, 4.69) is 20.4 Å². The molecule has 8 heteroatoms. The number of fused-ring (bicyclic) bond motifs is 1. The number of aromatic amines is 1. The number of aryl methyl sites for hydroxylation is 1. The Morgan fingerprint density at radius 3 is 2.79 bits per heavy atom. The molecule has 4 rings (SSSR count). The molecule has 0 aliphatic carbocycles. The van der Waals surface area contributed by atoms with Crippen LogP contribution in [0.2, 0.25) is 5.02 Å². The highest BCUT2D eigenvalue weighted by Crippen LogP contribution is 2.28. The molecular formula is C21H18ClN5O2. The van der Waals surface area contributed by atoms with E-state index in [9.17, 15) is 9.59 Å². The Morgan fingerprint density at radius 1 is 1.17 bits per heavy atom. The lowest BCUT2D eigenvalue weighted by Crippen LogP contribution is -2.26. The van der Waals surface area contributed by atoms with Crippen LogP contribution in [0.15, 0.2) is 59.4 Å². The van der Waals surface area contributed by atoms with Crippen LogP contribution < -0.4 is 10.9 Å². The molecule has 0 spiro atoms. The van der Waals surface area contributed by atoms with Gasteiger partial charge in [0.15, 0.2) is 0 Å². The fraction of sp³-hybridized carbons (Fsp3) is 0.143. The molecule has 29 heavy (non-hydrogen) atoms. The van der Waals surface area contributed by atoms with Crippen LogP contribution in [-0.2, 0) is 6.54 Å². The predicted molar refractivity (Wildman–Crippen MR) is 113 cm³/mol. The minimum absolute atomic E-state index is 0.180.